The number of fused-ring (bicyclic) bond motifs is 5. The van der Waals surface area contributed by atoms with E-state index in [1.165, 1.54) is 38.6 Å². The first-order valence-electron chi connectivity index (χ1n) is 21.2. The number of aryl methyl sites for hydroxylation is 1. The molecule has 2 aromatic heterocycles. The molecule has 0 bridgehead atoms. The van der Waals surface area contributed by atoms with Gasteiger partial charge in [-0.05, 0) is 95.5 Å². The summed E-state index contributed by atoms with van der Waals surface area (Å²) in [5, 5.41) is 2.37. The van der Waals surface area contributed by atoms with Crippen LogP contribution in [0.15, 0.2) is 114 Å². The SMILES string of the molecule is Cc1ccc2c(c1)c1cc3c([c-]c1n2-c1cc(C(C)(C)C)ccn1)N(c1[c-]c(C2=N[C@](C)(C(C)C)[C@@](C)(c4ccccc4)O2)cc(C(C)C)c1)c1ccccc1C3(C)C.[Pt+2]. The number of anilines is 3. The summed E-state index contributed by atoms with van der Waals surface area (Å²) in [5.74, 6) is 1.98. The fraction of sp³-hybridized carbons (Fsp3) is 0.333. The smallest absolute Gasteiger partial charge is 0.508 e. The average molecular weight is 972 g/mol. The molecule has 0 spiro atoms. The zero-order chi connectivity index (χ0) is 41.8. The Morgan fingerprint density at radius 3 is 2.17 bits per heavy atom. The van der Waals surface area contributed by atoms with Crippen LogP contribution in [0.4, 0.5) is 17.1 Å². The number of hydrogen-bond acceptors (Lipinski definition) is 4. The van der Waals surface area contributed by atoms with E-state index in [1.807, 2.05) is 6.20 Å². The monoisotopic (exact) mass is 971 g/mol. The van der Waals surface area contributed by atoms with Gasteiger partial charge >= 0.3 is 21.1 Å². The van der Waals surface area contributed by atoms with Crippen LogP contribution >= 0.6 is 0 Å². The van der Waals surface area contributed by atoms with Gasteiger partial charge in [0.15, 0.2) is 0 Å². The van der Waals surface area contributed by atoms with Crippen molar-refractivity contribution >= 4 is 44.8 Å². The van der Waals surface area contributed by atoms with Crippen LogP contribution in [0.5, 0.6) is 0 Å². The zero-order valence-corrected chi connectivity index (χ0v) is 39.3. The molecular weight excluding hydrogens is 916 g/mol. The van der Waals surface area contributed by atoms with E-state index in [2.05, 4.69) is 208 Å². The van der Waals surface area contributed by atoms with E-state index < -0.39 is 11.1 Å². The second-order valence-electron chi connectivity index (χ2n) is 19.4. The molecule has 2 aliphatic rings. The maximum absolute atomic E-state index is 7.13. The number of benzene rings is 5. The number of para-hydroxylation sites is 1. The van der Waals surface area contributed by atoms with Gasteiger partial charge in [0.05, 0.1) is 5.54 Å². The van der Waals surface area contributed by atoms with Gasteiger partial charge < -0.3 is 14.2 Å². The average Bonchev–Trinajstić information content (AvgIpc) is 3.68. The van der Waals surface area contributed by atoms with E-state index in [9.17, 15) is 0 Å². The van der Waals surface area contributed by atoms with E-state index in [1.54, 1.807) is 0 Å². The minimum absolute atomic E-state index is 0. The molecular formula is C54H56N4OPt. The van der Waals surface area contributed by atoms with Crippen LogP contribution in [0.2, 0.25) is 0 Å². The fourth-order valence-electron chi connectivity index (χ4n) is 9.39. The summed E-state index contributed by atoms with van der Waals surface area (Å²) in [6.07, 6.45) is 1.95. The molecule has 0 saturated heterocycles. The van der Waals surface area contributed by atoms with E-state index in [4.69, 9.17) is 14.7 Å². The first-order valence-corrected chi connectivity index (χ1v) is 21.2. The molecule has 0 radical (unpaired) electrons. The van der Waals surface area contributed by atoms with Gasteiger partial charge in [-0.1, -0.05) is 145 Å². The predicted octanol–water partition coefficient (Wildman–Crippen LogP) is 13.7. The molecule has 4 heterocycles. The summed E-state index contributed by atoms with van der Waals surface area (Å²) >= 11 is 0. The van der Waals surface area contributed by atoms with Crippen LogP contribution in [0.3, 0.4) is 0 Å². The first-order chi connectivity index (χ1) is 27.9. The van der Waals surface area contributed by atoms with Gasteiger partial charge in [0.25, 0.3) is 0 Å². The third-order valence-corrected chi connectivity index (χ3v) is 13.6. The summed E-state index contributed by atoms with van der Waals surface area (Å²) < 4.78 is 9.44. The fourth-order valence-corrected chi connectivity index (χ4v) is 9.39. The maximum Gasteiger partial charge on any atom is 2.00 e. The summed E-state index contributed by atoms with van der Waals surface area (Å²) in [7, 11) is 0. The minimum atomic E-state index is -0.669. The molecule has 2 aliphatic heterocycles. The Morgan fingerprint density at radius 2 is 1.47 bits per heavy atom. The summed E-state index contributed by atoms with van der Waals surface area (Å²) in [6.45, 7) is 27.0. The van der Waals surface area contributed by atoms with E-state index in [0.717, 1.165) is 45.0 Å². The Kier molecular flexibility index (Phi) is 10.1. The quantitative estimate of drug-likeness (QED) is 0.156. The summed E-state index contributed by atoms with van der Waals surface area (Å²) in [6, 6.07) is 45.5. The number of rotatable bonds is 6. The first kappa shape index (κ1) is 41.7. The third kappa shape index (κ3) is 6.37. The molecule has 6 heteroatoms. The van der Waals surface area contributed by atoms with E-state index >= 15 is 0 Å². The van der Waals surface area contributed by atoms with Crippen LogP contribution < -0.4 is 4.90 Å². The van der Waals surface area contributed by atoms with Crippen molar-refractivity contribution in [2.45, 2.75) is 111 Å². The van der Waals surface area contributed by atoms with Crippen molar-refractivity contribution in [2.24, 2.45) is 10.9 Å². The van der Waals surface area contributed by atoms with Gasteiger partial charge in [-0.2, -0.15) is 6.07 Å². The van der Waals surface area contributed by atoms with Gasteiger partial charge in [0.1, 0.15) is 17.3 Å². The normalized spacial score (nSPS) is 19.6. The Bertz CT molecular complexity index is 2830. The molecule has 0 fully saturated rings. The van der Waals surface area contributed by atoms with Crippen LogP contribution in [-0.4, -0.2) is 21.0 Å². The Hall–Kier alpha value is -4.99. The standard InChI is InChI=1S/C54H56N4O.Pt/c1-33(2)36-27-37(50-56-53(11,34(3)4)54(12,59-50)38-18-14-13-15-19-38)29-40(28-36)57-46-21-17-16-20-43(46)52(9,10)44-31-42-41-26-35(5)22-23-45(41)58(47(42)32-48(44)57)49-30-39(24-25-55-49)51(6,7)8;/h13-28,30-31,33-34H,1-12H3;/q-2;+2/t53-,54-;/m1./s1. The summed E-state index contributed by atoms with van der Waals surface area (Å²) in [4.78, 5) is 12.9. The van der Waals surface area contributed by atoms with Crippen molar-refractivity contribution in [2.75, 3.05) is 4.90 Å². The predicted molar refractivity (Wildman–Crippen MR) is 245 cm³/mol. The van der Waals surface area contributed by atoms with Gasteiger partial charge in [-0.15, -0.1) is 40.8 Å². The Morgan fingerprint density at radius 1 is 0.750 bits per heavy atom. The number of ether oxygens (including phenoxy) is 1. The van der Waals surface area contributed by atoms with Crippen molar-refractivity contribution in [3.05, 3.63) is 160 Å². The largest absolute Gasteiger partial charge is 2.00 e. The van der Waals surface area contributed by atoms with Gasteiger partial charge in [-0.3, -0.25) is 4.99 Å². The van der Waals surface area contributed by atoms with Crippen LogP contribution in [0, 0.1) is 25.0 Å². The minimum Gasteiger partial charge on any atom is -0.508 e. The molecule has 0 N–H and O–H groups in total. The number of nitrogens with zero attached hydrogens (tertiary/aromatic N) is 4. The second kappa shape index (κ2) is 14.6. The number of hydrogen-bond donors (Lipinski definition) is 0. The third-order valence-electron chi connectivity index (χ3n) is 13.6. The van der Waals surface area contributed by atoms with E-state index in [0.29, 0.717) is 5.90 Å². The van der Waals surface area contributed by atoms with Crippen molar-refractivity contribution < 1.29 is 25.8 Å². The van der Waals surface area contributed by atoms with Crippen LogP contribution in [-0.2, 0) is 42.2 Å². The molecule has 9 rings (SSSR count). The topological polar surface area (TPSA) is 42.7 Å². The molecule has 0 saturated carbocycles. The molecule has 5 nitrogen and oxygen atoms in total. The Labute approximate surface area is 371 Å². The van der Waals surface area contributed by atoms with E-state index in [-0.39, 0.29) is 43.7 Å². The number of aromatic nitrogens is 2. The Balaban J connectivity index is 0.00000499. The van der Waals surface area contributed by atoms with Crippen molar-refractivity contribution in [1.82, 2.24) is 9.55 Å². The molecule has 308 valence electrons. The molecule has 0 aliphatic carbocycles. The van der Waals surface area contributed by atoms with Crippen molar-refractivity contribution in [3.63, 3.8) is 0 Å². The van der Waals surface area contributed by atoms with Crippen molar-refractivity contribution in [1.29, 1.82) is 0 Å². The zero-order valence-electron chi connectivity index (χ0n) is 37.1. The van der Waals surface area contributed by atoms with Gasteiger partial charge in [0, 0.05) is 17.4 Å². The molecule has 0 unspecified atom stereocenters. The molecule has 60 heavy (non-hydrogen) atoms. The van der Waals surface area contributed by atoms with Gasteiger partial charge in [0.2, 0.25) is 0 Å². The number of pyridine rings is 1. The molecule has 5 aromatic carbocycles. The molecule has 7 aromatic rings. The summed E-state index contributed by atoms with van der Waals surface area (Å²) in [5.41, 5.74) is 11.7. The second-order valence-corrected chi connectivity index (χ2v) is 19.4. The maximum atomic E-state index is 7.13. The van der Waals surface area contributed by atoms with Gasteiger partial charge in [-0.25, -0.2) is 4.98 Å². The van der Waals surface area contributed by atoms with Crippen LogP contribution in [0.1, 0.15) is 121 Å². The molecule has 2 atom stereocenters. The van der Waals surface area contributed by atoms with Crippen LogP contribution in [0.25, 0.3) is 27.6 Å². The van der Waals surface area contributed by atoms with Crippen molar-refractivity contribution in [3.8, 4) is 5.82 Å². The molecule has 0 amide bonds. The number of aliphatic imine (C=N–C) groups is 1.